The number of hydrogen-bond donors (Lipinski definition) is 1. The van der Waals surface area contributed by atoms with E-state index in [0.29, 0.717) is 16.4 Å². The molecule has 0 aromatic carbocycles. The Morgan fingerprint density at radius 1 is 1.50 bits per heavy atom. The van der Waals surface area contributed by atoms with E-state index in [2.05, 4.69) is 4.98 Å². The van der Waals surface area contributed by atoms with Gasteiger partial charge in [-0.3, -0.25) is 0 Å². The van der Waals surface area contributed by atoms with Crippen molar-refractivity contribution in [2.45, 2.75) is 6.42 Å². The van der Waals surface area contributed by atoms with Crippen molar-refractivity contribution in [3.8, 4) is 0 Å². The molecule has 2 aromatic rings. The molecular formula is C9H8ClN3S. The van der Waals surface area contributed by atoms with Crippen LogP contribution in [0.3, 0.4) is 0 Å². The van der Waals surface area contributed by atoms with Crippen molar-refractivity contribution < 1.29 is 0 Å². The minimum Gasteiger partial charge on any atom is -0.393 e. The van der Waals surface area contributed by atoms with E-state index >= 15 is 0 Å². The van der Waals surface area contributed by atoms with Gasteiger partial charge < -0.3 is 10.1 Å². The molecule has 2 rings (SSSR count). The summed E-state index contributed by atoms with van der Waals surface area (Å²) >= 11 is 10.6. The Kier molecular flexibility index (Phi) is 2.39. The van der Waals surface area contributed by atoms with Gasteiger partial charge in [-0.05, 0) is 12.1 Å². The summed E-state index contributed by atoms with van der Waals surface area (Å²) in [5.74, 6) is 0. The van der Waals surface area contributed by atoms with E-state index in [0.717, 1.165) is 11.3 Å². The monoisotopic (exact) mass is 225 g/mol. The number of nitrogens with zero attached hydrogens (tertiary/aromatic N) is 2. The molecule has 0 aliphatic heterocycles. The maximum Gasteiger partial charge on any atom is 0.137 e. The highest BCUT2D eigenvalue weighted by molar-refractivity contribution is 7.80. The summed E-state index contributed by atoms with van der Waals surface area (Å²) in [5.41, 5.74) is 7.14. The van der Waals surface area contributed by atoms with Gasteiger partial charge in [0, 0.05) is 18.8 Å². The summed E-state index contributed by atoms with van der Waals surface area (Å²) < 4.78 is 1.86. The molecule has 0 saturated carbocycles. The number of halogens is 1. The largest absolute Gasteiger partial charge is 0.393 e. The van der Waals surface area contributed by atoms with E-state index in [1.807, 2.05) is 16.7 Å². The van der Waals surface area contributed by atoms with Gasteiger partial charge in [0.15, 0.2) is 0 Å². The molecule has 0 bridgehead atoms. The van der Waals surface area contributed by atoms with Crippen LogP contribution in [-0.2, 0) is 6.42 Å². The first-order valence-corrected chi connectivity index (χ1v) is 4.85. The molecule has 0 aliphatic rings. The highest BCUT2D eigenvalue weighted by Gasteiger charge is 2.02. The van der Waals surface area contributed by atoms with Crippen molar-refractivity contribution in [3.05, 3.63) is 35.2 Å². The van der Waals surface area contributed by atoms with E-state index in [4.69, 9.17) is 29.6 Å². The normalized spacial score (nSPS) is 10.6. The first-order chi connectivity index (χ1) is 6.65. The molecule has 3 nitrogen and oxygen atoms in total. The Labute approximate surface area is 91.5 Å². The minimum absolute atomic E-state index is 0.444. The second kappa shape index (κ2) is 3.55. The molecule has 0 atom stereocenters. The fourth-order valence-corrected chi connectivity index (χ4v) is 1.60. The average Bonchev–Trinajstić information content (AvgIpc) is 2.44. The lowest BCUT2D eigenvalue weighted by molar-refractivity contribution is 1.18. The molecule has 0 unspecified atom stereocenters. The maximum absolute atomic E-state index is 5.83. The zero-order chi connectivity index (χ0) is 10.1. The second-order valence-electron chi connectivity index (χ2n) is 2.99. The topological polar surface area (TPSA) is 43.3 Å². The number of hydrogen-bond acceptors (Lipinski definition) is 2. The van der Waals surface area contributed by atoms with Gasteiger partial charge in [0.05, 0.1) is 15.7 Å². The third kappa shape index (κ3) is 1.86. The van der Waals surface area contributed by atoms with Gasteiger partial charge in [0.2, 0.25) is 0 Å². The molecule has 2 aromatic heterocycles. The lowest BCUT2D eigenvalue weighted by Crippen LogP contribution is -2.11. The van der Waals surface area contributed by atoms with E-state index in [9.17, 15) is 0 Å². The summed E-state index contributed by atoms with van der Waals surface area (Å²) in [5, 5.41) is 0.678. The lowest BCUT2D eigenvalue weighted by Gasteiger charge is -1.91. The summed E-state index contributed by atoms with van der Waals surface area (Å²) in [6, 6.07) is 3.65. The first kappa shape index (κ1) is 9.43. The number of aromatic nitrogens is 2. The molecule has 0 fully saturated rings. The molecule has 2 heterocycles. The summed E-state index contributed by atoms with van der Waals surface area (Å²) in [4.78, 5) is 4.77. The van der Waals surface area contributed by atoms with Crippen LogP contribution in [-0.4, -0.2) is 14.4 Å². The highest BCUT2D eigenvalue weighted by Crippen LogP contribution is 2.11. The van der Waals surface area contributed by atoms with Gasteiger partial charge >= 0.3 is 0 Å². The fourth-order valence-electron chi connectivity index (χ4n) is 1.28. The second-order valence-corrected chi connectivity index (χ2v) is 3.95. The minimum atomic E-state index is 0.444. The number of fused-ring (bicyclic) bond motifs is 1. The first-order valence-electron chi connectivity index (χ1n) is 4.06. The Hall–Kier alpha value is -1.13. The van der Waals surface area contributed by atoms with Crippen LogP contribution in [0.25, 0.3) is 5.65 Å². The Morgan fingerprint density at radius 3 is 3.00 bits per heavy atom. The highest BCUT2D eigenvalue weighted by atomic mass is 35.5. The van der Waals surface area contributed by atoms with Crippen molar-refractivity contribution >= 4 is 34.5 Å². The Balaban J connectivity index is 2.46. The molecule has 5 heteroatoms. The number of rotatable bonds is 2. The summed E-state index contributed by atoms with van der Waals surface area (Å²) in [6.07, 6.45) is 4.20. The zero-order valence-corrected chi connectivity index (χ0v) is 8.85. The van der Waals surface area contributed by atoms with Crippen LogP contribution in [0.4, 0.5) is 0 Å². The third-order valence-corrected chi connectivity index (χ3v) is 2.19. The van der Waals surface area contributed by atoms with Crippen LogP contribution >= 0.6 is 23.8 Å². The van der Waals surface area contributed by atoms with Crippen LogP contribution in [0.5, 0.6) is 0 Å². The van der Waals surface area contributed by atoms with Gasteiger partial charge in [-0.15, -0.1) is 0 Å². The van der Waals surface area contributed by atoms with Crippen molar-refractivity contribution in [3.63, 3.8) is 0 Å². The molecule has 72 valence electrons. The molecule has 2 N–H and O–H groups in total. The predicted octanol–water partition coefficient (Wildman–Crippen LogP) is 1.82. The fraction of sp³-hybridized carbons (Fsp3) is 0.111. The Bertz CT molecular complexity index is 492. The quantitative estimate of drug-likeness (QED) is 0.793. The lowest BCUT2D eigenvalue weighted by atomic mass is 10.3. The van der Waals surface area contributed by atoms with Gasteiger partial charge in [0.1, 0.15) is 5.65 Å². The molecule has 0 spiro atoms. The number of imidazole rings is 1. The van der Waals surface area contributed by atoms with E-state index in [-0.39, 0.29) is 0 Å². The molecule has 0 radical (unpaired) electrons. The Morgan fingerprint density at radius 2 is 2.29 bits per heavy atom. The standard InChI is InChI=1S/C9H8ClN3S/c10-6-1-2-9-12-7(3-8(11)14)5-13(9)4-6/h1-2,4-5H,3H2,(H2,11,14). The number of pyridine rings is 1. The van der Waals surface area contributed by atoms with E-state index in [1.54, 1.807) is 12.3 Å². The SMILES string of the molecule is NC(=S)Cc1cn2cc(Cl)ccc2n1. The molecule has 0 saturated heterocycles. The van der Waals surface area contributed by atoms with Gasteiger partial charge in [-0.25, -0.2) is 4.98 Å². The van der Waals surface area contributed by atoms with Gasteiger partial charge in [-0.1, -0.05) is 23.8 Å². The van der Waals surface area contributed by atoms with E-state index < -0.39 is 0 Å². The third-order valence-electron chi connectivity index (χ3n) is 1.82. The maximum atomic E-state index is 5.83. The van der Waals surface area contributed by atoms with Crippen molar-refractivity contribution in [2.75, 3.05) is 0 Å². The van der Waals surface area contributed by atoms with Crippen LogP contribution in [0.2, 0.25) is 5.02 Å². The molecule has 14 heavy (non-hydrogen) atoms. The van der Waals surface area contributed by atoms with Gasteiger partial charge in [0.25, 0.3) is 0 Å². The van der Waals surface area contributed by atoms with Crippen LogP contribution in [0, 0.1) is 0 Å². The van der Waals surface area contributed by atoms with Crippen molar-refractivity contribution in [2.24, 2.45) is 5.73 Å². The average molecular weight is 226 g/mol. The summed E-state index contributed by atoms with van der Waals surface area (Å²) in [6.45, 7) is 0. The predicted molar refractivity (Wildman–Crippen MR) is 60.7 cm³/mol. The van der Waals surface area contributed by atoms with Crippen LogP contribution in [0.15, 0.2) is 24.5 Å². The van der Waals surface area contributed by atoms with Crippen molar-refractivity contribution in [1.29, 1.82) is 0 Å². The molecular weight excluding hydrogens is 218 g/mol. The van der Waals surface area contributed by atoms with Crippen LogP contribution < -0.4 is 5.73 Å². The van der Waals surface area contributed by atoms with Crippen molar-refractivity contribution in [1.82, 2.24) is 9.38 Å². The number of nitrogens with two attached hydrogens (primary N) is 1. The number of thiocarbonyl (C=S) groups is 1. The van der Waals surface area contributed by atoms with Gasteiger partial charge in [-0.2, -0.15) is 0 Å². The van der Waals surface area contributed by atoms with Crippen LogP contribution in [0.1, 0.15) is 5.69 Å². The summed E-state index contributed by atoms with van der Waals surface area (Å²) in [7, 11) is 0. The molecule has 0 amide bonds. The van der Waals surface area contributed by atoms with E-state index in [1.165, 1.54) is 0 Å². The smallest absolute Gasteiger partial charge is 0.137 e. The molecule has 0 aliphatic carbocycles. The zero-order valence-electron chi connectivity index (χ0n) is 7.27.